The number of para-hydroxylation sites is 1. The molecule has 5 rings (SSSR count). The van der Waals surface area contributed by atoms with Gasteiger partial charge in [-0.05, 0) is 43.7 Å². The van der Waals surface area contributed by atoms with E-state index in [-0.39, 0.29) is 17.4 Å². The van der Waals surface area contributed by atoms with E-state index < -0.39 is 11.4 Å². The maximum Gasteiger partial charge on any atom is 0.266 e. The Morgan fingerprint density at radius 1 is 0.921 bits per heavy atom. The van der Waals surface area contributed by atoms with Gasteiger partial charge in [-0.3, -0.25) is 9.59 Å². The molecule has 1 aromatic heterocycles. The highest BCUT2D eigenvalue weighted by molar-refractivity contribution is 5.95. The topological polar surface area (TPSA) is 75.6 Å². The van der Waals surface area contributed by atoms with Crippen molar-refractivity contribution in [2.45, 2.75) is 25.9 Å². The minimum absolute atomic E-state index is 0.0169. The third-order valence-electron chi connectivity index (χ3n) is 6.77. The summed E-state index contributed by atoms with van der Waals surface area (Å²) < 4.78 is 20.7. The first-order chi connectivity index (χ1) is 18.3. The quantitative estimate of drug-likeness (QED) is 0.380. The summed E-state index contributed by atoms with van der Waals surface area (Å²) in [6.45, 7) is 4.79. The average molecular weight is 513 g/mol. The van der Waals surface area contributed by atoms with E-state index in [2.05, 4.69) is 10.2 Å². The molecule has 0 saturated carbocycles. The van der Waals surface area contributed by atoms with Crippen molar-refractivity contribution in [3.8, 4) is 5.75 Å². The van der Waals surface area contributed by atoms with Gasteiger partial charge in [0.1, 0.15) is 11.6 Å². The molecule has 0 radical (unpaired) electrons. The van der Waals surface area contributed by atoms with Gasteiger partial charge in [0.2, 0.25) is 0 Å². The number of hydrogen-bond acceptors (Lipinski definition) is 5. The summed E-state index contributed by atoms with van der Waals surface area (Å²) in [7, 11) is 0. The van der Waals surface area contributed by atoms with Crippen LogP contribution in [0.1, 0.15) is 35.5 Å². The number of carbonyl (C=O) groups excluding carboxylic acids is 2. The summed E-state index contributed by atoms with van der Waals surface area (Å²) in [5, 5.41) is 10.3. The molecular weight excluding hydrogens is 483 g/mol. The van der Waals surface area contributed by atoms with E-state index in [0.717, 1.165) is 22.0 Å². The van der Waals surface area contributed by atoms with Crippen LogP contribution in [0.2, 0.25) is 0 Å². The van der Waals surface area contributed by atoms with Crippen molar-refractivity contribution < 1.29 is 18.7 Å². The van der Waals surface area contributed by atoms with Crippen LogP contribution in [0.25, 0.3) is 10.8 Å². The highest BCUT2D eigenvalue weighted by Gasteiger charge is 2.36. The van der Waals surface area contributed by atoms with Gasteiger partial charge in [-0.1, -0.05) is 48.5 Å². The average Bonchev–Trinajstić information content (AvgIpc) is 2.94. The van der Waals surface area contributed by atoms with Gasteiger partial charge in [0, 0.05) is 43.4 Å². The lowest BCUT2D eigenvalue weighted by Gasteiger charge is -2.38. The molecule has 0 spiro atoms. The van der Waals surface area contributed by atoms with Crippen LogP contribution in [0.3, 0.4) is 0 Å². The molecule has 0 N–H and O–H groups in total. The SMILES string of the molecule is CC(C)(Oc1ccccc1)C(=O)N1CCN(C(=O)c2cc(Cc3nncc4ccccc34)ccc2F)CC1. The number of halogens is 1. The second kappa shape index (κ2) is 10.6. The van der Waals surface area contributed by atoms with E-state index in [9.17, 15) is 14.0 Å². The molecule has 4 aromatic rings. The van der Waals surface area contributed by atoms with Gasteiger partial charge >= 0.3 is 0 Å². The van der Waals surface area contributed by atoms with Crippen molar-refractivity contribution in [2.75, 3.05) is 26.2 Å². The van der Waals surface area contributed by atoms with E-state index in [4.69, 9.17) is 4.74 Å². The second-order valence-corrected chi connectivity index (χ2v) is 9.88. The van der Waals surface area contributed by atoms with Crippen molar-refractivity contribution >= 4 is 22.6 Å². The summed E-state index contributed by atoms with van der Waals surface area (Å²) in [6.07, 6.45) is 2.13. The van der Waals surface area contributed by atoms with Gasteiger partial charge < -0.3 is 14.5 Å². The fourth-order valence-corrected chi connectivity index (χ4v) is 4.75. The van der Waals surface area contributed by atoms with Crippen LogP contribution in [-0.4, -0.2) is 63.6 Å². The predicted octanol–water partition coefficient (Wildman–Crippen LogP) is 4.50. The van der Waals surface area contributed by atoms with Crippen molar-refractivity contribution in [3.05, 3.63) is 102 Å². The molecule has 1 fully saturated rings. The van der Waals surface area contributed by atoms with Crippen LogP contribution >= 0.6 is 0 Å². The lowest BCUT2D eigenvalue weighted by molar-refractivity contribution is -0.147. The van der Waals surface area contributed by atoms with Crippen molar-refractivity contribution in [3.63, 3.8) is 0 Å². The lowest BCUT2D eigenvalue weighted by Crippen LogP contribution is -2.56. The highest BCUT2D eigenvalue weighted by Crippen LogP contribution is 2.23. The van der Waals surface area contributed by atoms with Crippen LogP contribution in [-0.2, 0) is 11.2 Å². The summed E-state index contributed by atoms with van der Waals surface area (Å²) in [6, 6.07) is 21.6. The van der Waals surface area contributed by atoms with Gasteiger partial charge in [0.25, 0.3) is 11.8 Å². The van der Waals surface area contributed by atoms with Gasteiger partial charge in [0.15, 0.2) is 5.60 Å². The molecule has 194 valence electrons. The van der Waals surface area contributed by atoms with Crippen LogP contribution < -0.4 is 4.74 Å². The Morgan fingerprint density at radius 2 is 1.61 bits per heavy atom. The first kappa shape index (κ1) is 25.3. The molecule has 3 aromatic carbocycles. The molecule has 0 atom stereocenters. The zero-order valence-electron chi connectivity index (χ0n) is 21.4. The molecule has 1 aliphatic rings. The molecule has 0 bridgehead atoms. The van der Waals surface area contributed by atoms with E-state index >= 15 is 0 Å². The smallest absolute Gasteiger partial charge is 0.266 e. The summed E-state index contributed by atoms with van der Waals surface area (Å²) in [5.74, 6) is -0.499. The standard InChI is InChI=1S/C30H29FN4O3/c1-30(2,38-23-9-4-3-5-10-23)29(37)35-16-14-34(15-17-35)28(36)25-18-21(12-13-26(25)31)19-27-24-11-7-6-8-22(24)20-32-33-27/h3-13,18,20H,14-17,19H2,1-2H3. The summed E-state index contributed by atoms with van der Waals surface area (Å²) in [4.78, 5) is 29.7. The van der Waals surface area contributed by atoms with Gasteiger partial charge in [0.05, 0.1) is 17.5 Å². The number of ether oxygens (including phenoxy) is 1. The van der Waals surface area contributed by atoms with Crippen molar-refractivity contribution in [2.24, 2.45) is 0 Å². The van der Waals surface area contributed by atoms with Crippen molar-refractivity contribution in [1.29, 1.82) is 0 Å². The lowest BCUT2D eigenvalue weighted by atomic mass is 10.0. The minimum Gasteiger partial charge on any atom is -0.478 e. The fraction of sp³-hybridized carbons (Fsp3) is 0.267. The number of fused-ring (bicyclic) bond motifs is 1. The number of amides is 2. The Labute approximate surface area is 220 Å². The van der Waals surface area contributed by atoms with Gasteiger partial charge in [-0.25, -0.2) is 4.39 Å². The van der Waals surface area contributed by atoms with Crippen LogP contribution in [0.4, 0.5) is 4.39 Å². The number of hydrogen-bond donors (Lipinski definition) is 0. The maximum atomic E-state index is 14.8. The number of rotatable bonds is 6. The molecule has 0 aliphatic carbocycles. The zero-order chi connectivity index (χ0) is 26.7. The van der Waals surface area contributed by atoms with E-state index in [1.807, 2.05) is 42.5 Å². The minimum atomic E-state index is -1.06. The number of nitrogens with zero attached hydrogens (tertiary/aromatic N) is 4. The second-order valence-electron chi connectivity index (χ2n) is 9.88. The van der Waals surface area contributed by atoms with Crippen LogP contribution in [0.15, 0.2) is 79.0 Å². The highest BCUT2D eigenvalue weighted by atomic mass is 19.1. The number of aromatic nitrogens is 2. The van der Waals surface area contributed by atoms with E-state index in [1.165, 1.54) is 6.07 Å². The Morgan fingerprint density at radius 3 is 2.37 bits per heavy atom. The van der Waals surface area contributed by atoms with E-state index in [0.29, 0.717) is 38.3 Å². The Bertz CT molecular complexity index is 1460. The molecule has 2 heterocycles. The zero-order valence-corrected chi connectivity index (χ0v) is 21.4. The molecular formula is C30H29FN4O3. The fourth-order valence-electron chi connectivity index (χ4n) is 4.75. The third kappa shape index (κ3) is 5.34. The third-order valence-corrected chi connectivity index (χ3v) is 6.77. The molecule has 1 aliphatic heterocycles. The molecule has 0 unspecified atom stereocenters. The molecule has 1 saturated heterocycles. The van der Waals surface area contributed by atoms with Crippen molar-refractivity contribution in [1.82, 2.24) is 20.0 Å². The van der Waals surface area contributed by atoms with Gasteiger partial charge in [-0.2, -0.15) is 10.2 Å². The first-order valence-corrected chi connectivity index (χ1v) is 12.6. The largest absolute Gasteiger partial charge is 0.478 e. The van der Waals surface area contributed by atoms with Crippen LogP contribution in [0, 0.1) is 5.82 Å². The van der Waals surface area contributed by atoms with Gasteiger partial charge in [-0.15, -0.1) is 0 Å². The number of piperazine rings is 1. The number of benzene rings is 3. The Kier molecular flexibility index (Phi) is 7.05. The molecule has 7 nitrogen and oxygen atoms in total. The Balaban J connectivity index is 1.25. The predicted molar refractivity (Wildman–Crippen MR) is 142 cm³/mol. The number of carbonyl (C=O) groups is 2. The normalized spacial score (nSPS) is 14.0. The summed E-state index contributed by atoms with van der Waals surface area (Å²) >= 11 is 0. The molecule has 38 heavy (non-hydrogen) atoms. The Hall–Kier alpha value is -4.33. The first-order valence-electron chi connectivity index (χ1n) is 12.6. The molecule has 8 heteroatoms. The van der Waals surface area contributed by atoms with E-state index in [1.54, 1.807) is 54.1 Å². The monoisotopic (exact) mass is 512 g/mol. The van der Waals surface area contributed by atoms with Crippen LogP contribution in [0.5, 0.6) is 5.75 Å². The molecule has 2 amide bonds. The maximum absolute atomic E-state index is 14.8. The summed E-state index contributed by atoms with van der Waals surface area (Å²) in [5.41, 5.74) is 0.496.